The summed E-state index contributed by atoms with van der Waals surface area (Å²) >= 11 is 0. The second kappa shape index (κ2) is 6.63. The van der Waals surface area contributed by atoms with Crippen LogP contribution in [0.4, 0.5) is 13.2 Å². The quantitative estimate of drug-likeness (QED) is 0.731. The summed E-state index contributed by atoms with van der Waals surface area (Å²) in [6.07, 6.45) is -2.51. The molecule has 162 valence electrons. The molecule has 2 atom stereocenters. The highest BCUT2D eigenvalue weighted by molar-refractivity contribution is 7.89. The van der Waals surface area contributed by atoms with Crippen LogP contribution in [0.5, 0.6) is 0 Å². The maximum Gasteiger partial charge on any atom is 0.433 e. The van der Waals surface area contributed by atoms with Crippen molar-refractivity contribution in [2.45, 2.75) is 56.3 Å². The Kier molecular flexibility index (Phi) is 4.81. The molecule has 1 aromatic rings. The Hall–Kier alpha value is -1.23. The van der Waals surface area contributed by atoms with Crippen molar-refractivity contribution in [2.24, 2.45) is 5.41 Å². The molecule has 3 aliphatic heterocycles. The van der Waals surface area contributed by atoms with Crippen LogP contribution in [-0.4, -0.2) is 67.0 Å². The number of aryl methyl sites for hydroxylation is 1. The van der Waals surface area contributed by atoms with Crippen LogP contribution in [0.25, 0.3) is 0 Å². The van der Waals surface area contributed by atoms with Gasteiger partial charge in [-0.3, -0.25) is 4.90 Å². The Labute approximate surface area is 169 Å². The fraction of sp³-hybridized carbons (Fsp3) is 0.737. The van der Waals surface area contributed by atoms with Gasteiger partial charge in [0.15, 0.2) is 0 Å². The van der Waals surface area contributed by atoms with Crippen LogP contribution in [0.1, 0.15) is 38.1 Å². The standard InChI is InChI=1S/C19H26F3N3O3S/c1-13-15(5-6-16(23-13)19(20,21)22)29(26,27)25-11-18(12-25)9-24(10-18)14(2)17(3)7-4-8-28-17/h5-6,14H,4,7-12H2,1-3H3/t14-,17-/m0/s1. The van der Waals surface area contributed by atoms with E-state index in [0.717, 1.165) is 44.7 Å². The molecule has 10 heteroatoms. The summed E-state index contributed by atoms with van der Waals surface area (Å²) in [6, 6.07) is 2.01. The van der Waals surface area contributed by atoms with Gasteiger partial charge in [-0.15, -0.1) is 0 Å². The van der Waals surface area contributed by atoms with Crippen LogP contribution < -0.4 is 0 Å². The van der Waals surface area contributed by atoms with Gasteiger partial charge in [0.2, 0.25) is 10.0 Å². The number of likely N-dealkylation sites (tertiary alicyclic amines) is 1. The van der Waals surface area contributed by atoms with E-state index in [1.165, 1.54) is 11.2 Å². The summed E-state index contributed by atoms with van der Waals surface area (Å²) in [5.41, 5.74) is -1.43. The first kappa shape index (κ1) is 21.0. The van der Waals surface area contributed by atoms with E-state index in [9.17, 15) is 21.6 Å². The lowest BCUT2D eigenvalue weighted by Gasteiger charge is -2.62. The molecule has 0 bridgehead atoms. The number of alkyl halides is 3. The van der Waals surface area contributed by atoms with Gasteiger partial charge in [-0.1, -0.05) is 0 Å². The number of halogens is 3. The van der Waals surface area contributed by atoms with Crippen molar-refractivity contribution < 1.29 is 26.3 Å². The van der Waals surface area contributed by atoms with Crippen molar-refractivity contribution in [1.82, 2.24) is 14.2 Å². The monoisotopic (exact) mass is 433 g/mol. The molecule has 4 heterocycles. The number of pyridine rings is 1. The Bertz CT molecular complexity index is 899. The number of nitrogens with zero attached hydrogens (tertiary/aromatic N) is 3. The van der Waals surface area contributed by atoms with E-state index in [1.807, 2.05) is 0 Å². The van der Waals surface area contributed by atoms with Gasteiger partial charge in [-0.2, -0.15) is 17.5 Å². The zero-order chi connectivity index (χ0) is 21.2. The predicted molar refractivity (Wildman–Crippen MR) is 99.8 cm³/mol. The normalized spacial score (nSPS) is 28.9. The van der Waals surface area contributed by atoms with Gasteiger partial charge >= 0.3 is 6.18 Å². The largest absolute Gasteiger partial charge is 0.433 e. The minimum atomic E-state index is -4.60. The minimum absolute atomic E-state index is 0.0659. The number of rotatable bonds is 4. The van der Waals surface area contributed by atoms with Gasteiger partial charge in [0.05, 0.1) is 11.3 Å². The molecule has 4 rings (SSSR count). The molecule has 29 heavy (non-hydrogen) atoms. The highest BCUT2D eigenvalue weighted by Gasteiger charge is 2.58. The van der Waals surface area contributed by atoms with E-state index in [2.05, 4.69) is 23.7 Å². The van der Waals surface area contributed by atoms with Crippen molar-refractivity contribution >= 4 is 10.0 Å². The van der Waals surface area contributed by atoms with Gasteiger partial charge in [0, 0.05) is 44.2 Å². The van der Waals surface area contributed by atoms with Crippen LogP contribution in [0, 0.1) is 12.3 Å². The van der Waals surface area contributed by atoms with E-state index >= 15 is 0 Å². The van der Waals surface area contributed by atoms with Crippen molar-refractivity contribution in [1.29, 1.82) is 0 Å². The zero-order valence-electron chi connectivity index (χ0n) is 16.8. The lowest BCUT2D eigenvalue weighted by Crippen LogP contribution is -2.75. The molecule has 0 radical (unpaired) electrons. The third-order valence-electron chi connectivity index (χ3n) is 6.73. The van der Waals surface area contributed by atoms with E-state index in [4.69, 9.17) is 4.74 Å². The highest BCUT2D eigenvalue weighted by atomic mass is 32.2. The highest BCUT2D eigenvalue weighted by Crippen LogP contribution is 2.45. The topological polar surface area (TPSA) is 62.7 Å². The molecule has 1 spiro atoms. The molecule has 3 saturated heterocycles. The molecule has 3 fully saturated rings. The second-order valence-corrected chi connectivity index (χ2v) is 10.8. The molecular weight excluding hydrogens is 407 g/mol. The smallest absolute Gasteiger partial charge is 0.374 e. The number of sulfonamides is 1. The van der Waals surface area contributed by atoms with Crippen molar-refractivity contribution in [3.63, 3.8) is 0 Å². The maximum atomic E-state index is 12.9. The molecule has 3 aliphatic rings. The summed E-state index contributed by atoms with van der Waals surface area (Å²) in [5, 5.41) is 0. The summed E-state index contributed by atoms with van der Waals surface area (Å²) < 4.78 is 71.4. The molecule has 6 nitrogen and oxygen atoms in total. The first-order valence-corrected chi connectivity index (χ1v) is 11.2. The van der Waals surface area contributed by atoms with Gasteiger partial charge in [0.1, 0.15) is 10.6 Å². The van der Waals surface area contributed by atoms with Gasteiger partial charge in [-0.25, -0.2) is 13.4 Å². The first-order valence-electron chi connectivity index (χ1n) is 9.79. The van der Waals surface area contributed by atoms with Crippen LogP contribution >= 0.6 is 0 Å². The minimum Gasteiger partial charge on any atom is -0.374 e. The summed E-state index contributed by atoms with van der Waals surface area (Å²) in [6.45, 7) is 8.76. The van der Waals surface area contributed by atoms with Crippen LogP contribution in [0.3, 0.4) is 0 Å². The Balaban J connectivity index is 1.40. The zero-order valence-corrected chi connectivity index (χ0v) is 17.6. The van der Waals surface area contributed by atoms with Crippen LogP contribution in [0.15, 0.2) is 17.0 Å². The van der Waals surface area contributed by atoms with Crippen LogP contribution in [0.2, 0.25) is 0 Å². The average Bonchev–Trinajstić information content (AvgIpc) is 2.98. The van der Waals surface area contributed by atoms with Gasteiger partial charge in [-0.05, 0) is 45.7 Å². The van der Waals surface area contributed by atoms with Crippen molar-refractivity contribution in [2.75, 3.05) is 32.8 Å². The van der Waals surface area contributed by atoms with Gasteiger partial charge < -0.3 is 4.74 Å². The van der Waals surface area contributed by atoms with E-state index in [0.29, 0.717) is 13.1 Å². The molecule has 0 unspecified atom stereocenters. The Morgan fingerprint density at radius 3 is 2.38 bits per heavy atom. The summed E-state index contributed by atoms with van der Waals surface area (Å²) in [5.74, 6) is 0. The van der Waals surface area contributed by atoms with E-state index in [1.54, 1.807) is 0 Å². The van der Waals surface area contributed by atoms with E-state index < -0.39 is 21.9 Å². The van der Waals surface area contributed by atoms with E-state index in [-0.39, 0.29) is 27.6 Å². The maximum absolute atomic E-state index is 12.9. The predicted octanol–water partition coefficient (Wildman–Crippen LogP) is 2.67. The Morgan fingerprint density at radius 1 is 1.21 bits per heavy atom. The fourth-order valence-corrected chi connectivity index (χ4v) is 6.62. The van der Waals surface area contributed by atoms with Crippen LogP contribution in [-0.2, 0) is 20.9 Å². The molecule has 0 N–H and O–H groups in total. The molecule has 0 amide bonds. The number of hydrogen-bond donors (Lipinski definition) is 0. The molecule has 0 aliphatic carbocycles. The number of ether oxygens (including phenoxy) is 1. The lowest BCUT2D eigenvalue weighted by atomic mass is 9.72. The summed E-state index contributed by atoms with van der Waals surface area (Å²) in [7, 11) is -3.85. The number of aromatic nitrogens is 1. The fourth-order valence-electron chi connectivity index (χ4n) is 4.80. The molecule has 0 saturated carbocycles. The number of hydrogen-bond acceptors (Lipinski definition) is 5. The Morgan fingerprint density at radius 2 is 1.86 bits per heavy atom. The third kappa shape index (κ3) is 3.47. The molecular formula is C19H26F3N3O3S. The lowest BCUT2D eigenvalue weighted by molar-refractivity contribution is -0.142. The summed E-state index contributed by atoms with van der Waals surface area (Å²) in [4.78, 5) is 5.63. The first-order chi connectivity index (χ1) is 13.4. The average molecular weight is 433 g/mol. The SMILES string of the molecule is Cc1nc(C(F)(F)F)ccc1S(=O)(=O)N1CC2(CN([C@@H](C)[C@]3(C)CCCO3)C2)C1. The molecule has 1 aromatic heterocycles. The van der Waals surface area contributed by atoms with Crippen molar-refractivity contribution in [3.8, 4) is 0 Å². The van der Waals surface area contributed by atoms with Gasteiger partial charge in [0.25, 0.3) is 0 Å². The van der Waals surface area contributed by atoms with Crippen molar-refractivity contribution in [3.05, 3.63) is 23.5 Å². The molecule has 0 aromatic carbocycles. The third-order valence-corrected chi connectivity index (χ3v) is 8.65. The second-order valence-electron chi connectivity index (χ2n) is 8.90.